The zero-order valence-corrected chi connectivity index (χ0v) is 15.2. The molecule has 1 amide bonds. The highest BCUT2D eigenvalue weighted by Crippen LogP contribution is 2.26. The number of hydrogen-bond donors (Lipinski definition) is 1. The second-order valence-electron chi connectivity index (χ2n) is 7.63. The monoisotopic (exact) mass is 344 g/mol. The number of likely N-dealkylation sites (N-methyl/N-ethyl adjacent to an activating group) is 1. The molecule has 3 saturated heterocycles. The summed E-state index contributed by atoms with van der Waals surface area (Å²) in [6, 6.07) is 0.462. The molecule has 4 heterocycles. The van der Waals surface area contributed by atoms with Gasteiger partial charge in [0.25, 0.3) is 5.91 Å². The van der Waals surface area contributed by atoms with Gasteiger partial charge in [-0.25, -0.2) is 9.97 Å². The van der Waals surface area contributed by atoms with Crippen molar-refractivity contribution in [2.24, 2.45) is 5.92 Å². The van der Waals surface area contributed by atoms with Gasteiger partial charge in [0.05, 0.1) is 11.3 Å². The first kappa shape index (κ1) is 16.7. The molecule has 7 nitrogen and oxygen atoms in total. The van der Waals surface area contributed by atoms with Crippen LogP contribution in [-0.2, 0) is 0 Å². The number of rotatable bonds is 2. The highest BCUT2D eigenvalue weighted by atomic mass is 16.2. The molecule has 0 bridgehead atoms. The Bertz CT molecular complexity index is 628. The molecule has 1 N–H and O–H groups in total. The number of carbonyl (C=O) groups is 1. The molecule has 0 radical (unpaired) electrons. The van der Waals surface area contributed by atoms with Gasteiger partial charge < -0.3 is 20.0 Å². The number of fused-ring (bicyclic) bond motifs is 1. The Morgan fingerprint density at radius 1 is 1.24 bits per heavy atom. The smallest absolute Gasteiger partial charge is 0.257 e. The number of likely N-dealkylation sites (tertiary alicyclic amines) is 1. The van der Waals surface area contributed by atoms with Crippen molar-refractivity contribution in [3.8, 4) is 0 Å². The van der Waals surface area contributed by atoms with E-state index in [0.29, 0.717) is 17.5 Å². The van der Waals surface area contributed by atoms with E-state index in [2.05, 4.69) is 32.1 Å². The standard InChI is InChI=1S/C18H28N6O/c1-13-15(10-20-18(21-13)23-8-6-22(2)7-9-23)17(25)24-11-14-4-3-5-19-16(14)12-24/h10,14,16,19H,3-9,11-12H2,1-2H3/t14-,16+/m0/s1. The highest BCUT2D eigenvalue weighted by Gasteiger charge is 2.37. The average molecular weight is 344 g/mol. The number of hydrogen-bond acceptors (Lipinski definition) is 6. The van der Waals surface area contributed by atoms with Crippen molar-refractivity contribution in [3.05, 3.63) is 17.5 Å². The molecule has 136 valence electrons. The maximum atomic E-state index is 12.9. The highest BCUT2D eigenvalue weighted by molar-refractivity contribution is 5.95. The van der Waals surface area contributed by atoms with Crippen LogP contribution < -0.4 is 10.2 Å². The van der Waals surface area contributed by atoms with Gasteiger partial charge in [-0.1, -0.05) is 0 Å². The predicted octanol–water partition coefficient (Wildman–Crippen LogP) is 0.361. The lowest BCUT2D eigenvalue weighted by atomic mass is 9.94. The lowest BCUT2D eigenvalue weighted by Crippen LogP contribution is -2.45. The van der Waals surface area contributed by atoms with Gasteiger partial charge in [-0.3, -0.25) is 4.79 Å². The first-order valence-corrected chi connectivity index (χ1v) is 9.41. The summed E-state index contributed by atoms with van der Waals surface area (Å²) in [5, 5.41) is 3.55. The molecule has 1 aromatic rings. The quantitative estimate of drug-likeness (QED) is 0.836. The number of anilines is 1. The Hall–Kier alpha value is -1.73. The van der Waals surface area contributed by atoms with Crippen molar-refractivity contribution in [3.63, 3.8) is 0 Å². The minimum Gasteiger partial charge on any atom is -0.338 e. The summed E-state index contributed by atoms with van der Waals surface area (Å²) in [6.45, 7) is 8.58. The summed E-state index contributed by atoms with van der Waals surface area (Å²) in [7, 11) is 2.13. The Kier molecular flexibility index (Phi) is 4.60. The number of aryl methyl sites for hydroxylation is 1. The van der Waals surface area contributed by atoms with Gasteiger partial charge in [0.15, 0.2) is 0 Å². The van der Waals surface area contributed by atoms with Gasteiger partial charge in [-0.05, 0) is 39.3 Å². The molecule has 0 aliphatic carbocycles. The van der Waals surface area contributed by atoms with Crippen molar-refractivity contribution in [2.45, 2.75) is 25.8 Å². The SMILES string of the molecule is Cc1nc(N2CCN(C)CC2)ncc1C(=O)N1C[C@@H]2CCCN[C@@H]2C1. The Balaban J connectivity index is 1.46. The van der Waals surface area contributed by atoms with E-state index in [1.165, 1.54) is 12.8 Å². The molecule has 3 aliphatic rings. The number of piperidine rings is 1. The third-order valence-electron chi connectivity index (χ3n) is 5.87. The molecular weight excluding hydrogens is 316 g/mol. The van der Waals surface area contributed by atoms with E-state index in [-0.39, 0.29) is 5.91 Å². The van der Waals surface area contributed by atoms with Crippen LogP contribution >= 0.6 is 0 Å². The van der Waals surface area contributed by atoms with Crippen molar-refractivity contribution in [1.82, 2.24) is 25.1 Å². The maximum absolute atomic E-state index is 12.9. The summed E-state index contributed by atoms with van der Waals surface area (Å²) >= 11 is 0. The molecule has 0 saturated carbocycles. The van der Waals surface area contributed by atoms with E-state index in [4.69, 9.17) is 0 Å². The van der Waals surface area contributed by atoms with Crippen molar-refractivity contribution in [1.29, 1.82) is 0 Å². The zero-order valence-electron chi connectivity index (χ0n) is 15.2. The zero-order chi connectivity index (χ0) is 17.4. The van der Waals surface area contributed by atoms with Crippen LogP contribution in [0.1, 0.15) is 28.9 Å². The Morgan fingerprint density at radius 2 is 2.04 bits per heavy atom. The van der Waals surface area contributed by atoms with Crippen LogP contribution in [0.25, 0.3) is 0 Å². The van der Waals surface area contributed by atoms with Crippen molar-refractivity contribution < 1.29 is 4.79 Å². The number of carbonyl (C=O) groups excluding carboxylic acids is 1. The molecule has 1 aromatic heterocycles. The van der Waals surface area contributed by atoms with E-state index in [9.17, 15) is 4.79 Å². The van der Waals surface area contributed by atoms with Crippen molar-refractivity contribution >= 4 is 11.9 Å². The summed E-state index contributed by atoms with van der Waals surface area (Å²) in [5.41, 5.74) is 1.44. The second-order valence-corrected chi connectivity index (χ2v) is 7.63. The van der Waals surface area contributed by atoms with Gasteiger partial charge >= 0.3 is 0 Å². The third-order valence-corrected chi connectivity index (χ3v) is 5.87. The molecule has 4 rings (SSSR count). The summed E-state index contributed by atoms with van der Waals surface area (Å²) < 4.78 is 0. The number of nitrogens with zero attached hydrogens (tertiary/aromatic N) is 5. The lowest BCUT2D eigenvalue weighted by Gasteiger charge is -2.32. The van der Waals surface area contributed by atoms with Gasteiger partial charge in [-0.15, -0.1) is 0 Å². The summed E-state index contributed by atoms with van der Waals surface area (Å²) in [4.78, 5) is 28.6. The summed E-state index contributed by atoms with van der Waals surface area (Å²) in [5.74, 6) is 1.43. The number of aromatic nitrogens is 2. The first-order valence-electron chi connectivity index (χ1n) is 9.41. The van der Waals surface area contributed by atoms with Crippen LogP contribution in [0.3, 0.4) is 0 Å². The first-order chi connectivity index (χ1) is 12.1. The van der Waals surface area contributed by atoms with Gasteiger partial charge in [-0.2, -0.15) is 0 Å². The lowest BCUT2D eigenvalue weighted by molar-refractivity contribution is 0.0784. The van der Waals surface area contributed by atoms with Crippen LogP contribution in [-0.4, -0.2) is 84.6 Å². The molecule has 3 aliphatic heterocycles. The fourth-order valence-corrected chi connectivity index (χ4v) is 4.21. The van der Waals surface area contributed by atoms with Gasteiger partial charge in [0.2, 0.25) is 5.95 Å². The second kappa shape index (κ2) is 6.88. The normalized spacial score (nSPS) is 27.4. The minimum atomic E-state index is 0.0821. The van der Waals surface area contributed by atoms with E-state index in [1.807, 2.05) is 11.8 Å². The summed E-state index contributed by atoms with van der Waals surface area (Å²) in [6.07, 6.45) is 4.16. The van der Waals surface area contributed by atoms with Crippen LogP contribution in [0.2, 0.25) is 0 Å². The topological polar surface area (TPSA) is 64.6 Å². The molecule has 2 atom stereocenters. The van der Waals surface area contributed by atoms with E-state index in [0.717, 1.165) is 57.5 Å². The molecule has 0 spiro atoms. The Labute approximate surface area is 149 Å². The fraction of sp³-hybridized carbons (Fsp3) is 0.722. The molecule has 3 fully saturated rings. The van der Waals surface area contributed by atoms with Crippen LogP contribution in [0, 0.1) is 12.8 Å². The van der Waals surface area contributed by atoms with E-state index in [1.54, 1.807) is 6.20 Å². The fourth-order valence-electron chi connectivity index (χ4n) is 4.21. The van der Waals surface area contributed by atoms with E-state index < -0.39 is 0 Å². The molecule has 7 heteroatoms. The Morgan fingerprint density at radius 3 is 2.76 bits per heavy atom. The van der Waals surface area contributed by atoms with Crippen LogP contribution in [0.15, 0.2) is 6.20 Å². The molecule has 25 heavy (non-hydrogen) atoms. The van der Waals surface area contributed by atoms with Gasteiger partial charge in [0, 0.05) is 51.5 Å². The van der Waals surface area contributed by atoms with E-state index >= 15 is 0 Å². The number of amides is 1. The molecule has 0 unspecified atom stereocenters. The molecule has 0 aromatic carbocycles. The number of piperazine rings is 1. The van der Waals surface area contributed by atoms with Crippen molar-refractivity contribution in [2.75, 3.05) is 57.8 Å². The third kappa shape index (κ3) is 3.35. The average Bonchev–Trinajstić information content (AvgIpc) is 3.06. The molecular formula is C18H28N6O. The number of nitrogens with one attached hydrogen (secondary N) is 1. The predicted molar refractivity (Wildman–Crippen MR) is 96.9 cm³/mol. The van der Waals surface area contributed by atoms with Crippen LogP contribution in [0.5, 0.6) is 0 Å². The minimum absolute atomic E-state index is 0.0821. The van der Waals surface area contributed by atoms with Crippen LogP contribution in [0.4, 0.5) is 5.95 Å². The van der Waals surface area contributed by atoms with Gasteiger partial charge in [0.1, 0.15) is 0 Å². The maximum Gasteiger partial charge on any atom is 0.257 e. The largest absolute Gasteiger partial charge is 0.338 e.